The van der Waals surface area contributed by atoms with Gasteiger partial charge >= 0.3 is 18.7 Å². The molecule has 0 saturated heterocycles. The first-order chi connectivity index (χ1) is 20.6. The number of amides is 1. The number of benzene rings is 4. The molecule has 4 aromatic rings. The largest absolute Gasteiger partial charge is 0.461 e. The van der Waals surface area contributed by atoms with Gasteiger partial charge in [0, 0.05) is 18.1 Å². The molecule has 13 heteroatoms. The summed E-state index contributed by atoms with van der Waals surface area (Å²) in [5, 5.41) is 12.1. The first-order valence-electron chi connectivity index (χ1n) is 12.7. The number of carbonyl (C=O) groups excluding carboxylic acids is 1. The zero-order valence-corrected chi connectivity index (χ0v) is 22.3. The Balaban J connectivity index is 1.96. The Bertz CT molecular complexity index is 1610. The van der Waals surface area contributed by atoms with E-state index >= 15 is 0 Å². The van der Waals surface area contributed by atoms with E-state index in [1.807, 2.05) is 0 Å². The van der Waals surface area contributed by atoms with Crippen molar-refractivity contribution in [3.8, 4) is 5.75 Å². The van der Waals surface area contributed by atoms with Crippen molar-refractivity contribution in [2.75, 3.05) is 0 Å². The smallest absolute Gasteiger partial charge is 0.428 e. The zero-order chi connectivity index (χ0) is 32.3. The van der Waals surface area contributed by atoms with E-state index in [0.29, 0.717) is 23.3 Å². The van der Waals surface area contributed by atoms with Crippen LogP contribution in [0, 0.1) is 11.6 Å². The van der Waals surface area contributed by atoms with Gasteiger partial charge in [-0.3, -0.25) is 4.79 Å². The van der Waals surface area contributed by atoms with Crippen LogP contribution in [0.25, 0.3) is 0 Å². The number of nitrogens with one attached hydrogen (secondary N) is 1. The second kappa shape index (κ2) is 12.6. The van der Waals surface area contributed by atoms with Gasteiger partial charge in [0.05, 0.1) is 17.7 Å². The van der Waals surface area contributed by atoms with Crippen molar-refractivity contribution in [3.63, 3.8) is 0 Å². The predicted molar refractivity (Wildman–Crippen MR) is 140 cm³/mol. The van der Waals surface area contributed by atoms with Crippen LogP contribution in [0.4, 0.5) is 39.5 Å². The lowest BCUT2D eigenvalue weighted by Crippen LogP contribution is -2.49. The summed E-state index contributed by atoms with van der Waals surface area (Å²) in [5.41, 5.74) is -3.71. The monoisotopic (exact) mass is 627 g/mol. The Morgan fingerprint density at radius 3 is 2.05 bits per heavy atom. The van der Waals surface area contributed by atoms with Crippen molar-refractivity contribution in [3.05, 3.63) is 136 Å². The van der Waals surface area contributed by atoms with E-state index in [1.165, 1.54) is 24.3 Å². The van der Waals surface area contributed by atoms with Gasteiger partial charge in [-0.1, -0.05) is 54.6 Å². The minimum atomic E-state index is -5.16. The Morgan fingerprint density at radius 1 is 0.795 bits per heavy atom. The van der Waals surface area contributed by atoms with Gasteiger partial charge < -0.3 is 15.2 Å². The Labute approximate surface area is 244 Å². The predicted octanol–water partition coefficient (Wildman–Crippen LogP) is 7.63. The second-order valence-corrected chi connectivity index (χ2v) is 9.71. The summed E-state index contributed by atoms with van der Waals surface area (Å²) in [6.45, 7) is -0.408. The minimum absolute atomic E-state index is 0.127. The molecule has 0 saturated carbocycles. The molecule has 232 valence electrons. The van der Waals surface area contributed by atoms with Gasteiger partial charge in [-0.25, -0.2) is 8.78 Å². The third kappa shape index (κ3) is 7.16. The number of aliphatic hydroxyl groups excluding tert-OH is 1. The summed E-state index contributed by atoms with van der Waals surface area (Å²) in [6, 6.07) is 17.2. The van der Waals surface area contributed by atoms with Gasteiger partial charge in [-0.2, -0.15) is 30.7 Å². The molecule has 0 fully saturated rings. The molecule has 2 N–H and O–H groups in total. The highest BCUT2D eigenvalue weighted by Crippen LogP contribution is 2.39. The maximum atomic E-state index is 15.0. The van der Waals surface area contributed by atoms with Crippen LogP contribution in [0.15, 0.2) is 91.0 Å². The molecule has 0 aliphatic rings. The van der Waals surface area contributed by atoms with Crippen LogP contribution in [-0.4, -0.2) is 23.5 Å². The van der Waals surface area contributed by atoms with E-state index in [1.54, 1.807) is 30.3 Å². The molecule has 0 radical (unpaired) electrons. The number of carbonyl (C=O) groups is 1. The number of hydrogen-bond donors (Lipinski definition) is 2. The summed E-state index contributed by atoms with van der Waals surface area (Å²) in [6.07, 6.45) is -14.7. The SMILES string of the molecule is O=C(NC(Cc1ccccc1)(c1ccc(CO)cc1)c1cc(F)cc(OC(F)(F)C(F)F)c1)c1ccc(F)c(C(F)(F)F)c1. The summed E-state index contributed by atoms with van der Waals surface area (Å²) in [5.74, 6) is -5.12. The zero-order valence-electron chi connectivity index (χ0n) is 22.3. The Morgan fingerprint density at radius 2 is 1.45 bits per heavy atom. The molecular weight excluding hydrogens is 605 g/mol. The highest BCUT2D eigenvalue weighted by atomic mass is 19.4. The molecule has 0 aromatic heterocycles. The fourth-order valence-electron chi connectivity index (χ4n) is 4.58. The van der Waals surface area contributed by atoms with Crippen LogP contribution in [0.2, 0.25) is 0 Å². The highest BCUT2D eigenvalue weighted by molar-refractivity contribution is 5.95. The molecule has 4 aromatic carbocycles. The summed E-state index contributed by atoms with van der Waals surface area (Å²) in [4.78, 5) is 13.6. The average Bonchev–Trinajstić information content (AvgIpc) is 2.96. The van der Waals surface area contributed by atoms with Crippen LogP contribution in [0.5, 0.6) is 5.75 Å². The van der Waals surface area contributed by atoms with E-state index in [2.05, 4.69) is 10.1 Å². The number of rotatable bonds is 10. The average molecular weight is 628 g/mol. The number of halogens is 9. The normalized spacial score (nSPS) is 13.4. The summed E-state index contributed by atoms with van der Waals surface area (Å²) >= 11 is 0. The molecule has 0 heterocycles. The Hall–Kier alpha value is -4.52. The van der Waals surface area contributed by atoms with Crippen molar-refractivity contribution in [2.45, 2.75) is 37.3 Å². The van der Waals surface area contributed by atoms with Crippen molar-refractivity contribution in [1.82, 2.24) is 5.32 Å². The van der Waals surface area contributed by atoms with E-state index in [-0.39, 0.29) is 23.6 Å². The molecule has 44 heavy (non-hydrogen) atoms. The molecule has 1 unspecified atom stereocenters. The number of ether oxygens (including phenoxy) is 1. The first-order valence-corrected chi connectivity index (χ1v) is 12.7. The first kappa shape index (κ1) is 32.4. The molecule has 4 rings (SSSR count). The molecule has 0 aliphatic heterocycles. The molecule has 0 aliphatic carbocycles. The molecular formula is C31H22F9NO3. The standard InChI is InChI=1S/C31H22F9NO3/c32-23-13-22(14-24(15-23)44-31(39,40)28(34)35)29(16-18-4-2-1-3-5-18,21-9-6-19(17-42)7-10-21)41-27(43)20-8-11-26(33)25(12-20)30(36,37)38/h1-15,28,42H,16-17H2,(H,41,43). The summed E-state index contributed by atoms with van der Waals surface area (Å²) in [7, 11) is 0. The van der Waals surface area contributed by atoms with Crippen LogP contribution >= 0.6 is 0 Å². The summed E-state index contributed by atoms with van der Waals surface area (Å²) < 4.78 is 127. The fourth-order valence-corrected chi connectivity index (χ4v) is 4.58. The second-order valence-electron chi connectivity index (χ2n) is 9.71. The topological polar surface area (TPSA) is 58.6 Å². The minimum Gasteiger partial charge on any atom is -0.428 e. The fraction of sp³-hybridized carbons (Fsp3) is 0.194. The van der Waals surface area contributed by atoms with Crippen molar-refractivity contribution in [2.24, 2.45) is 0 Å². The number of hydrogen-bond acceptors (Lipinski definition) is 3. The molecule has 4 nitrogen and oxygen atoms in total. The van der Waals surface area contributed by atoms with Gasteiger partial charge in [0.2, 0.25) is 0 Å². The number of aliphatic hydroxyl groups is 1. The lowest BCUT2D eigenvalue weighted by molar-refractivity contribution is -0.253. The lowest BCUT2D eigenvalue weighted by Gasteiger charge is -2.37. The van der Waals surface area contributed by atoms with Gasteiger partial charge in [0.25, 0.3) is 5.91 Å². The van der Waals surface area contributed by atoms with Crippen LogP contribution in [0.3, 0.4) is 0 Å². The van der Waals surface area contributed by atoms with Gasteiger partial charge in [-0.15, -0.1) is 0 Å². The van der Waals surface area contributed by atoms with Crippen LogP contribution < -0.4 is 10.1 Å². The van der Waals surface area contributed by atoms with Gasteiger partial charge in [0.1, 0.15) is 17.4 Å². The molecule has 1 amide bonds. The maximum absolute atomic E-state index is 15.0. The quantitative estimate of drug-likeness (QED) is 0.178. The van der Waals surface area contributed by atoms with Crippen LogP contribution in [0.1, 0.15) is 38.2 Å². The number of alkyl halides is 7. The highest BCUT2D eigenvalue weighted by Gasteiger charge is 2.45. The third-order valence-corrected chi connectivity index (χ3v) is 6.67. The van der Waals surface area contributed by atoms with Gasteiger partial charge in [-0.05, 0) is 52.6 Å². The molecule has 1 atom stereocenters. The van der Waals surface area contributed by atoms with Crippen molar-refractivity contribution < 1.29 is 54.2 Å². The van der Waals surface area contributed by atoms with Gasteiger partial charge in [0.15, 0.2) is 0 Å². The van der Waals surface area contributed by atoms with E-state index < -0.39 is 65.3 Å². The van der Waals surface area contributed by atoms with Crippen molar-refractivity contribution >= 4 is 5.91 Å². The van der Waals surface area contributed by atoms with E-state index in [9.17, 15) is 49.4 Å². The molecule has 0 bridgehead atoms. The maximum Gasteiger partial charge on any atom is 0.461 e. The van der Waals surface area contributed by atoms with E-state index in [0.717, 1.165) is 18.2 Å². The van der Waals surface area contributed by atoms with Crippen molar-refractivity contribution in [1.29, 1.82) is 0 Å². The van der Waals surface area contributed by atoms with E-state index in [4.69, 9.17) is 0 Å². The lowest BCUT2D eigenvalue weighted by atomic mass is 9.77. The van der Waals surface area contributed by atoms with Crippen LogP contribution in [-0.2, 0) is 24.7 Å². The Kier molecular flexibility index (Phi) is 9.28. The molecule has 0 spiro atoms. The third-order valence-electron chi connectivity index (χ3n) is 6.67.